The molecule has 3 atom stereocenters. The molecule has 2 aliphatic rings. The number of hydrogen-bond donors (Lipinski definition) is 3. The number of hydrogen-bond acceptors (Lipinski definition) is 3. The fraction of sp³-hybridized carbons (Fsp3) is 0.533. The summed E-state index contributed by atoms with van der Waals surface area (Å²) < 4.78 is 5.30. The van der Waals surface area contributed by atoms with E-state index in [2.05, 4.69) is 30.4 Å². The van der Waals surface area contributed by atoms with Crippen molar-refractivity contribution >= 4 is 6.09 Å². The van der Waals surface area contributed by atoms with E-state index in [1.165, 1.54) is 24.7 Å². The molecule has 0 radical (unpaired) electrons. The second-order valence-corrected chi connectivity index (χ2v) is 5.27. The van der Waals surface area contributed by atoms with E-state index in [-0.39, 0.29) is 0 Å². The highest BCUT2D eigenvalue weighted by molar-refractivity contribution is 5.63. The van der Waals surface area contributed by atoms with Crippen molar-refractivity contribution in [2.75, 3.05) is 27.2 Å². The van der Waals surface area contributed by atoms with Gasteiger partial charge < -0.3 is 20.5 Å². The first-order chi connectivity index (χ1) is 9.58. The number of amides is 1. The van der Waals surface area contributed by atoms with Gasteiger partial charge in [-0.1, -0.05) is 13.0 Å². The number of ether oxygens (including phenoxy) is 1. The van der Waals surface area contributed by atoms with Crippen LogP contribution in [0.15, 0.2) is 18.2 Å². The van der Waals surface area contributed by atoms with Crippen molar-refractivity contribution in [2.45, 2.75) is 18.8 Å². The zero-order valence-electron chi connectivity index (χ0n) is 12.1. The lowest BCUT2D eigenvalue weighted by atomic mass is 9.91. The SMILES string of the molecule is CNC(=O)O.COc1ccc2c(c1)C1CNCC1C2C. The zero-order valence-corrected chi connectivity index (χ0v) is 12.1. The van der Waals surface area contributed by atoms with Gasteiger partial charge in [0.1, 0.15) is 5.75 Å². The molecule has 0 saturated carbocycles. The van der Waals surface area contributed by atoms with Crippen LogP contribution in [0.3, 0.4) is 0 Å². The van der Waals surface area contributed by atoms with Gasteiger partial charge in [-0.05, 0) is 41.6 Å². The van der Waals surface area contributed by atoms with E-state index in [1.54, 1.807) is 7.11 Å². The molecule has 1 aromatic carbocycles. The molecule has 5 heteroatoms. The number of nitrogens with one attached hydrogen (secondary N) is 2. The van der Waals surface area contributed by atoms with E-state index >= 15 is 0 Å². The fourth-order valence-corrected chi connectivity index (χ4v) is 3.21. The van der Waals surface area contributed by atoms with Crippen LogP contribution in [0.25, 0.3) is 0 Å². The summed E-state index contributed by atoms with van der Waals surface area (Å²) >= 11 is 0. The average Bonchev–Trinajstić information content (AvgIpc) is 3.03. The number of carbonyl (C=O) groups is 1. The first kappa shape index (κ1) is 14.7. The summed E-state index contributed by atoms with van der Waals surface area (Å²) in [7, 11) is 3.09. The molecule has 1 heterocycles. The Hall–Kier alpha value is -1.75. The summed E-state index contributed by atoms with van der Waals surface area (Å²) in [6.45, 7) is 4.65. The Kier molecular flexibility index (Phi) is 4.49. The highest BCUT2D eigenvalue weighted by Gasteiger charge is 2.40. The van der Waals surface area contributed by atoms with E-state index in [0.717, 1.165) is 18.2 Å². The number of methoxy groups -OCH3 is 1. The summed E-state index contributed by atoms with van der Waals surface area (Å²) in [6, 6.07) is 6.56. The van der Waals surface area contributed by atoms with Crippen LogP contribution in [0.1, 0.15) is 29.9 Å². The minimum Gasteiger partial charge on any atom is -0.497 e. The van der Waals surface area contributed by atoms with Crippen LogP contribution in [-0.4, -0.2) is 38.4 Å². The number of benzene rings is 1. The molecule has 3 unspecified atom stereocenters. The molecule has 1 saturated heterocycles. The third kappa shape index (κ3) is 2.72. The summed E-state index contributed by atoms with van der Waals surface area (Å²) in [6.07, 6.45) is -0.995. The van der Waals surface area contributed by atoms with Crippen molar-refractivity contribution in [3.05, 3.63) is 29.3 Å². The summed E-state index contributed by atoms with van der Waals surface area (Å²) in [5.41, 5.74) is 3.05. The minimum absolute atomic E-state index is 0.700. The van der Waals surface area contributed by atoms with E-state index < -0.39 is 6.09 Å². The highest BCUT2D eigenvalue weighted by Crippen LogP contribution is 2.48. The van der Waals surface area contributed by atoms with Gasteiger partial charge >= 0.3 is 6.09 Å². The van der Waals surface area contributed by atoms with Crippen molar-refractivity contribution in [3.63, 3.8) is 0 Å². The third-order valence-corrected chi connectivity index (χ3v) is 4.30. The van der Waals surface area contributed by atoms with Gasteiger partial charge in [0, 0.05) is 19.5 Å². The molecule has 1 amide bonds. The summed E-state index contributed by atoms with van der Waals surface area (Å²) in [4.78, 5) is 9.26. The lowest BCUT2D eigenvalue weighted by Gasteiger charge is -2.12. The van der Waals surface area contributed by atoms with E-state index in [4.69, 9.17) is 9.84 Å². The van der Waals surface area contributed by atoms with Gasteiger partial charge in [0.05, 0.1) is 7.11 Å². The molecule has 1 fully saturated rings. The second kappa shape index (κ2) is 6.13. The number of rotatable bonds is 1. The van der Waals surface area contributed by atoms with Crippen molar-refractivity contribution in [3.8, 4) is 5.75 Å². The Balaban J connectivity index is 0.000000257. The number of carboxylic acid groups (broad SMARTS) is 1. The van der Waals surface area contributed by atoms with Crippen molar-refractivity contribution < 1.29 is 14.6 Å². The molecule has 1 aliphatic heterocycles. The zero-order chi connectivity index (χ0) is 14.7. The molecule has 0 aromatic heterocycles. The van der Waals surface area contributed by atoms with Crippen molar-refractivity contribution in [1.82, 2.24) is 10.6 Å². The van der Waals surface area contributed by atoms with Gasteiger partial charge in [-0.3, -0.25) is 0 Å². The Morgan fingerprint density at radius 2 is 2.10 bits per heavy atom. The Labute approximate surface area is 119 Å². The molecular weight excluding hydrogens is 256 g/mol. The standard InChI is InChI=1S/C13H17NO.C2H5NO2/c1-8-10-4-3-9(15-2)5-11(10)13-7-14-6-12(8)13;1-3-2(4)5/h3-5,8,12-14H,6-7H2,1-2H3;3H,1H3,(H,4,5). The molecule has 3 N–H and O–H groups in total. The largest absolute Gasteiger partial charge is 0.497 e. The van der Waals surface area contributed by atoms with E-state index in [1.807, 2.05) is 5.32 Å². The summed E-state index contributed by atoms with van der Waals surface area (Å²) in [5.74, 6) is 3.21. The fourth-order valence-electron chi connectivity index (χ4n) is 3.21. The topological polar surface area (TPSA) is 70.6 Å². The predicted molar refractivity (Wildman–Crippen MR) is 77.6 cm³/mol. The van der Waals surface area contributed by atoms with Crippen LogP contribution in [0.2, 0.25) is 0 Å². The van der Waals surface area contributed by atoms with E-state index in [0.29, 0.717) is 11.8 Å². The van der Waals surface area contributed by atoms with Crippen LogP contribution < -0.4 is 15.4 Å². The normalized spacial score (nSPS) is 26.1. The van der Waals surface area contributed by atoms with Crippen LogP contribution in [0.5, 0.6) is 5.75 Å². The Bertz CT molecular complexity index is 490. The predicted octanol–water partition coefficient (Wildman–Crippen LogP) is 2.00. The monoisotopic (exact) mass is 278 g/mol. The molecule has 0 bridgehead atoms. The van der Waals surface area contributed by atoms with Gasteiger partial charge in [-0.15, -0.1) is 0 Å². The molecule has 20 heavy (non-hydrogen) atoms. The maximum atomic E-state index is 9.26. The smallest absolute Gasteiger partial charge is 0.404 e. The lowest BCUT2D eigenvalue weighted by Crippen LogP contribution is -2.13. The molecule has 5 nitrogen and oxygen atoms in total. The van der Waals surface area contributed by atoms with Crippen molar-refractivity contribution in [2.24, 2.45) is 5.92 Å². The molecule has 0 spiro atoms. The molecule has 110 valence electrons. The van der Waals surface area contributed by atoms with Crippen LogP contribution in [0, 0.1) is 5.92 Å². The van der Waals surface area contributed by atoms with Crippen LogP contribution in [-0.2, 0) is 0 Å². The minimum atomic E-state index is -0.995. The Morgan fingerprint density at radius 3 is 2.70 bits per heavy atom. The molecule has 1 aromatic rings. The van der Waals surface area contributed by atoms with Gasteiger partial charge in [0.2, 0.25) is 0 Å². The highest BCUT2D eigenvalue weighted by atomic mass is 16.5. The molecule has 1 aliphatic carbocycles. The lowest BCUT2D eigenvalue weighted by molar-refractivity contribution is 0.197. The van der Waals surface area contributed by atoms with Gasteiger partial charge in [-0.2, -0.15) is 0 Å². The molecule has 3 rings (SSSR count). The first-order valence-corrected chi connectivity index (χ1v) is 6.87. The summed E-state index contributed by atoms with van der Waals surface area (Å²) in [5, 5.41) is 13.0. The second-order valence-electron chi connectivity index (χ2n) is 5.27. The Morgan fingerprint density at radius 1 is 1.40 bits per heavy atom. The number of fused-ring (bicyclic) bond motifs is 3. The maximum absolute atomic E-state index is 9.26. The van der Waals surface area contributed by atoms with E-state index in [9.17, 15) is 4.79 Å². The van der Waals surface area contributed by atoms with Gasteiger partial charge in [0.15, 0.2) is 0 Å². The van der Waals surface area contributed by atoms with Gasteiger partial charge in [-0.25, -0.2) is 4.79 Å². The van der Waals surface area contributed by atoms with Crippen molar-refractivity contribution in [1.29, 1.82) is 0 Å². The first-order valence-electron chi connectivity index (χ1n) is 6.87. The van der Waals surface area contributed by atoms with Gasteiger partial charge in [0.25, 0.3) is 0 Å². The average molecular weight is 278 g/mol. The maximum Gasteiger partial charge on any atom is 0.404 e. The quantitative estimate of drug-likeness (QED) is 0.735. The van der Waals surface area contributed by atoms with Crippen LogP contribution >= 0.6 is 0 Å². The van der Waals surface area contributed by atoms with Crippen LogP contribution in [0.4, 0.5) is 4.79 Å². The molecular formula is C15H22N2O3. The third-order valence-electron chi connectivity index (χ3n) is 4.30.